The summed E-state index contributed by atoms with van der Waals surface area (Å²) in [5, 5.41) is 3.27. The van der Waals surface area contributed by atoms with Gasteiger partial charge in [0.25, 0.3) is 0 Å². The zero-order chi connectivity index (χ0) is 15.4. The molecule has 1 aromatic rings. The number of hydrogen-bond acceptors (Lipinski definition) is 3. The molecule has 1 heterocycles. The largest absolute Gasteiger partial charge is 0.405 e. The zero-order valence-corrected chi connectivity index (χ0v) is 12.4. The van der Waals surface area contributed by atoms with E-state index in [0.29, 0.717) is 18.8 Å². The molecule has 0 amide bonds. The summed E-state index contributed by atoms with van der Waals surface area (Å²) in [7, 11) is 0. The zero-order valence-electron chi connectivity index (χ0n) is 12.4. The molecule has 0 saturated heterocycles. The van der Waals surface area contributed by atoms with Crippen molar-refractivity contribution in [2.24, 2.45) is 0 Å². The second-order valence-corrected chi connectivity index (χ2v) is 5.74. The van der Waals surface area contributed by atoms with Crippen molar-refractivity contribution >= 4 is 5.69 Å². The Balaban J connectivity index is 2.92. The van der Waals surface area contributed by atoms with E-state index in [1.54, 1.807) is 19.2 Å². The quantitative estimate of drug-likeness (QED) is 0.901. The summed E-state index contributed by atoms with van der Waals surface area (Å²) in [5.41, 5.74) is 1.25. The average Bonchev–Trinajstić information content (AvgIpc) is 2.32. The second-order valence-electron chi connectivity index (χ2n) is 5.74. The van der Waals surface area contributed by atoms with Crippen LogP contribution in [0.25, 0.3) is 0 Å². The van der Waals surface area contributed by atoms with Gasteiger partial charge in [0.15, 0.2) is 0 Å². The number of pyridine rings is 1. The maximum Gasteiger partial charge on any atom is 0.405 e. The number of halogens is 3. The van der Waals surface area contributed by atoms with E-state index >= 15 is 0 Å². The van der Waals surface area contributed by atoms with Crippen LogP contribution in [0.2, 0.25) is 0 Å². The summed E-state index contributed by atoms with van der Waals surface area (Å²) in [6, 6.07) is 1.63. The van der Waals surface area contributed by atoms with Crippen molar-refractivity contribution in [3.63, 3.8) is 0 Å². The van der Waals surface area contributed by atoms with E-state index in [0.717, 1.165) is 5.56 Å². The Kier molecular flexibility index (Phi) is 5.39. The van der Waals surface area contributed by atoms with Gasteiger partial charge in [0.05, 0.1) is 0 Å². The monoisotopic (exact) mass is 289 g/mol. The van der Waals surface area contributed by atoms with Gasteiger partial charge in [0, 0.05) is 42.3 Å². The first-order chi connectivity index (χ1) is 9.12. The first-order valence-electron chi connectivity index (χ1n) is 6.62. The van der Waals surface area contributed by atoms with Crippen LogP contribution in [0, 0.1) is 0 Å². The molecule has 0 radical (unpaired) electrons. The number of rotatable bonds is 5. The lowest BCUT2D eigenvalue weighted by Crippen LogP contribution is -2.37. The van der Waals surface area contributed by atoms with Crippen LogP contribution in [0.3, 0.4) is 0 Å². The van der Waals surface area contributed by atoms with Gasteiger partial charge in [-0.1, -0.05) is 0 Å². The number of anilines is 1. The predicted molar refractivity (Wildman–Crippen MR) is 74.8 cm³/mol. The minimum absolute atomic E-state index is 0.103. The lowest BCUT2D eigenvalue weighted by atomic mass is 10.1. The van der Waals surface area contributed by atoms with Crippen LogP contribution >= 0.6 is 0 Å². The number of nitrogens with zero attached hydrogens (tertiary/aromatic N) is 2. The van der Waals surface area contributed by atoms with Crippen molar-refractivity contribution in [3.05, 3.63) is 24.0 Å². The third-order valence-corrected chi connectivity index (χ3v) is 2.78. The summed E-state index contributed by atoms with van der Waals surface area (Å²) in [5.74, 6) is 0. The number of nitrogens with one attached hydrogen (secondary N) is 1. The minimum Gasteiger partial charge on any atom is -0.363 e. The fourth-order valence-electron chi connectivity index (χ4n) is 1.81. The smallest absolute Gasteiger partial charge is 0.363 e. The topological polar surface area (TPSA) is 28.2 Å². The standard InChI is InChI=1S/C14H22F3N3/c1-5-20(10-14(15,16)17)12-6-7-18-8-11(12)9-19-13(2,3)4/h6-8,19H,5,9-10H2,1-4H3. The number of alkyl halides is 3. The Morgan fingerprint density at radius 2 is 1.90 bits per heavy atom. The molecule has 0 aliphatic heterocycles. The molecule has 0 bridgehead atoms. The van der Waals surface area contributed by atoms with Crippen LogP contribution < -0.4 is 10.2 Å². The molecule has 0 saturated carbocycles. The van der Waals surface area contributed by atoms with Gasteiger partial charge >= 0.3 is 6.18 Å². The predicted octanol–water partition coefficient (Wildman–Crippen LogP) is 3.36. The highest BCUT2D eigenvalue weighted by Gasteiger charge is 2.31. The van der Waals surface area contributed by atoms with Crippen LogP contribution in [-0.4, -0.2) is 29.8 Å². The maximum absolute atomic E-state index is 12.6. The Morgan fingerprint density at radius 3 is 2.40 bits per heavy atom. The van der Waals surface area contributed by atoms with E-state index in [4.69, 9.17) is 0 Å². The molecule has 0 spiro atoms. The van der Waals surface area contributed by atoms with Crippen molar-refractivity contribution in [3.8, 4) is 0 Å². The van der Waals surface area contributed by atoms with Gasteiger partial charge in [-0.3, -0.25) is 4.98 Å². The summed E-state index contributed by atoms with van der Waals surface area (Å²) in [6.07, 6.45) is -1.07. The molecule has 0 unspecified atom stereocenters. The van der Waals surface area contributed by atoms with Crippen molar-refractivity contribution in [1.82, 2.24) is 10.3 Å². The summed E-state index contributed by atoms with van der Waals surface area (Å²) >= 11 is 0. The molecule has 1 aromatic heterocycles. The van der Waals surface area contributed by atoms with Gasteiger partial charge in [0.2, 0.25) is 0 Å². The lowest BCUT2D eigenvalue weighted by Gasteiger charge is -2.28. The Labute approximate surface area is 118 Å². The molecule has 20 heavy (non-hydrogen) atoms. The third-order valence-electron chi connectivity index (χ3n) is 2.78. The summed E-state index contributed by atoms with van der Waals surface area (Å²) in [6.45, 7) is 7.58. The van der Waals surface area contributed by atoms with Crippen molar-refractivity contribution in [1.29, 1.82) is 0 Å². The van der Waals surface area contributed by atoms with Gasteiger partial charge < -0.3 is 10.2 Å². The molecular weight excluding hydrogens is 267 g/mol. The van der Waals surface area contributed by atoms with E-state index in [1.165, 1.54) is 11.1 Å². The molecular formula is C14H22F3N3. The summed E-state index contributed by atoms with van der Waals surface area (Å²) in [4.78, 5) is 5.33. The fraction of sp³-hybridized carbons (Fsp3) is 0.643. The SMILES string of the molecule is CCN(CC(F)(F)F)c1ccncc1CNC(C)(C)C. The Morgan fingerprint density at radius 1 is 1.25 bits per heavy atom. The van der Waals surface area contributed by atoms with Gasteiger partial charge in [-0.15, -0.1) is 0 Å². The molecule has 0 atom stereocenters. The van der Waals surface area contributed by atoms with Gasteiger partial charge in [0.1, 0.15) is 6.54 Å². The molecule has 1 N–H and O–H groups in total. The maximum atomic E-state index is 12.6. The van der Waals surface area contributed by atoms with Crippen LogP contribution in [0.4, 0.5) is 18.9 Å². The Bertz CT molecular complexity index is 424. The highest BCUT2D eigenvalue weighted by molar-refractivity contribution is 5.52. The van der Waals surface area contributed by atoms with E-state index < -0.39 is 12.7 Å². The molecule has 0 fully saturated rings. The first-order valence-corrected chi connectivity index (χ1v) is 6.62. The van der Waals surface area contributed by atoms with Crippen LogP contribution in [0.15, 0.2) is 18.5 Å². The molecule has 3 nitrogen and oxygen atoms in total. The number of hydrogen-bond donors (Lipinski definition) is 1. The second kappa shape index (κ2) is 6.43. The normalized spacial score (nSPS) is 12.6. The first kappa shape index (κ1) is 16.8. The van der Waals surface area contributed by atoms with Crippen LogP contribution in [0.1, 0.15) is 33.3 Å². The third kappa shape index (κ3) is 5.77. The van der Waals surface area contributed by atoms with Crippen molar-refractivity contribution < 1.29 is 13.2 Å². The van der Waals surface area contributed by atoms with Crippen molar-refractivity contribution in [2.45, 2.75) is 46.0 Å². The van der Waals surface area contributed by atoms with E-state index in [2.05, 4.69) is 10.3 Å². The highest BCUT2D eigenvalue weighted by Crippen LogP contribution is 2.24. The molecule has 114 valence electrons. The van der Waals surface area contributed by atoms with Crippen LogP contribution in [-0.2, 0) is 6.54 Å². The molecule has 1 rings (SSSR count). The fourth-order valence-corrected chi connectivity index (χ4v) is 1.81. The highest BCUT2D eigenvalue weighted by atomic mass is 19.4. The molecule has 0 aliphatic carbocycles. The Hall–Kier alpha value is -1.30. The summed E-state index contributed by atoms with van der Waals surface area (Å²) < 4.78 is 37.8. The van der Waals surface area contributed by atoms with E-state index in [9.17, 15) is 13.2 Å². The average molecular weight is 289 g/mol. The number of aromatic nitrogens is 1. The van der Waals surface area contributed by atoms with Gasteiger partial charge in [-0.05, 0) is 33.8 Å². The van der Waals surface area contributed by atoms with Crippen LogP contribution in [0.5, 0.6) is 0 Å². The van der Waals surface area contributed by atoms with E-state index in [-0.39, 0.29) is 5.54 Å². The molecule has 6 heteroatoms. The lowest BCUT2D eigenvalue weighted by molar-refractivity contribution is -0.119. The minimum atomic E-state index is -4.21. The van der Waals surface area contributed by atoms with Crippen molar-refractivity contribution in [2.75, 3.05) is 18.0 Å². The van der Waals surface area contributed by atoms with Gasteiger partial charge in [-0.25, -0.2) is 0 Å². The van der Waals surface area contributed by atoms with E-state index in [1.807, 2.05) is 20.8 Å². The molecule has 0 aliphatic rings. The van der Waals surface area contributed by atoms with Gasteiger partial charge in [-0.2, -0.15) is 13.2 Å². The molecule has 0 aromatic carbocycles.